The van der Waals surface area contributed by atoms with Crippen LogP contribution in [0.3, 0.4) is 0 Å². The maximum absolute atomic E-state index is 11.4. The molecule has 16 heavy (non-hydrogen) atoms. The molecular formula is C10H11BrCl2N2O. The number of halogens is 3. The summed E-state index contributed by atoms with van der Waals surface area (Å²) in [6.45, 7) is 2.58. The van der Waals surface area contributed by atoms with Crippen LogP contribution in [0.1, 0.15) is 13.3 Å². The summed E-state index contributed by atoms with van der Waals surface area (Å²) in [7, 11) is 0. The Morgan fingerprint density at radius 1 is 1.38 bits per heavy atom. The molecule has 0 saturated heterocycles. The summed E-state index contributed by atoms with van der Waals surface area (Å²) in [6, 6.07) is 3.03. The predicted octanol–water partition coefficient (Wildman–Crippen LogP) is 4.29. The Morgan fingerprint density at radius 2 is 1.94 bits per heavy atom. The van der Waals surface area contributed by atoms with Crippen molar-refractivity contribution in [1.29, 1.82) is 0 Å². The molecule has 0 aromatic heterocycles. The van der Waals surface area contributed by atoms with Gasteiger partial charge >= 0.3 is 6.03 Å². The molecule has 0 heterocycles. The van der Waals surface area contributed by atoms with Gasteiger partial charge in [0.1, 0.15) is 0 Å². The average molecular weight is 326 g/mol. The minimum absolute atomic E-state index is 0.312. The molecule has 1 aromatic carbocycles. The van der Waals surface area contributed by atoms with Crippen LogP contribution in [-0.2, 0) is 0 Å². The summed E-state index contributed by atoms with van der Waals surface area (Å²) in [5.41, 5.74) is 0.417. The average Bonchev–Trinajstić information content (AvgIpc) is 2.20. The lowest BCUT2D eigenvalue weighted by Crippen LogP contribution is -2.29. The van der Waals surface area contributed by atoms with Crippen LogP contribution in [0.2, 0.25) is 10.0 Å². The number of amides is 2. The topological polar surface area (TPSA) is 41.1 Å². The molecule has 88 valence electrons. The number of carbonyl (C=O) groups is 1. The first-order chi connectivity index (χ1) is 7.54. The number of anilines is 1. The second-order valence-electron chi connectivity index (χ2n) is 3.13. The molecule has 0 aliphatic carbocycles. The molecule has 2 amide bonds. The van der Waals surface area contributed by atoms with Gasteiger partial charge in [-0.1, -0.05) is 46.1 Å². The number of benzene rings is 1. The van der Waals surface area contributed by atoms with Gasteiger partial charge in [0.25, 0.3) is 0 Å². The normalized spacial score (nSPS) is 10.0. The monoisotopic (exact) mass is 324 g/mol. The lowest BCUT2D eigenvalue weighted by Gasteiger charge is -2.10. The highest BCUT2D eigenvalue weighted by atomic mass is 79.9. The molecule has 0 bridgehead atoms. The third-order valence-electron chi connectivity index (χ3n) is 1.78. The Bertz CT molecular complexity index is 375. The number of hydrogen-bond acceptors (Lipinski definition) is 1. The quantitative estimate of drug-likeness (QED) is 0.855. The zero-order chi connectivity index (χ0) is 12.1. The first kappa shape index (κ1) is 13.6. The molecule has 6 heteroatoms. The molecule has 0 spiro atoms. The van der Waals surface area contributed by atoms with Gasteiger partial charge in [-0.3, -0.25) is 0 Å². The van der Waals surface area contributed by atoms with Crippen LogP contribution in [-0.4, -0.2) is 12.6 Å². The minimum Gasteiger partial charge on any atom is -0.338 e. The van der Waals surface area contributed by atoms with Crippen molar-refractivity contribution < 1.29 is 4.79 Å². The first-order valence-corrected chi connectivity index (χ1v) is 6.29. The maximum atomic E-state index is 11.4. The van der Waals surface area contributed by atoms with Crippen LogP contribution in [0.4, 0.5) is 10.5 Å². The van der Waals surface area contributed by atoms with Crippen molar-refractivity contribution in [3.05, 3.63) is 26.7 Å². The molecular weight excluding hydrogens is 315 g/mol. The Hall–Kier alpha value is -0.450. The Balaban J connectivity index is 2.77. The number of carbonyl (C=O) groups excluding carboxylic acids is 1. The van der Waals surface area contributed by atoms with Crippen LogP contribution >= 0.6 is 39.1 Å². The zero-order valence-corrected chi connectivity index (χ0v) is 11.7. The lowest BCUT2D eigenvalue weighted by atomic mass is 10.3. The van der Waals surface area contributed by atoms with Crippen LogP contribution in [0.25, 0.3) is 0 Å². The van der Waals surface area contributed by atoms with Crippen LogP contribution in [0.5, 0.6) is 0 Å². The predicted molar refractivity (Wildman–Crippen MR) is 71.5 cm³/mol. The second kappa shape index (κ2) is 6.33. The van der Waals surface area contributed by atoms with Gasteiger partial charge in [0.2, 0.25) is 0 Å². The van der Waals surface area contributed by atoms with Gasteiger partial charge < -0.3 is 10.6 Å². The number of urea groups is 1. The summed E-state index contributed by atoms with van der Waals surface area (Å²) in [5.74, 6) is 0. The molecule has 1 rings (SSSR count). The van der Waals surface area contributed by atoms with E-state index >= 15 is 0 Å². The van der Waals surface area contributed by atoms with E-state index in [0.717, 1.165) is 10.9 Å². The van der Waals surface area contributed by atoms with Gasteiger partial charge in [0, 0.05) is 11.0 Å². The summed E-state index contributed by atoms with van der Waals surface area (Å²) >= 11 is 15.2. The minimum atomic E-state index is -0.312. The number of hydrogen-bond donors (Lipinski definition) is 2. The fraction of sp³-hybridized carbons (Fsp3) is 0.300. The van der Waals surface area contributed by atoms with Gasteiger partial charge in [-0.25, -0.2) is 4.79 Å². The molecule has 1 aromatic rings. The van der Waals surface area contributed by atoms with Crippen molar-refractivity contribution >= 4 is 50.9 Å². The Labute approximate surface area is 113 Å². The van der Waals surface area contributed by atoms with E-state index in [1.165, 1.54) is 0 Å². The van der Waals surface area contributed by atoms with E-state index in [2.05, 4.69) is 26.6 Å². The highest BCUT2D eigenvalue weighted by molar-refractivity contribution is 9.10. The smallest absolute Gasteiger partial charge is 0.319 e. The maximum Gasteiger partial charge on any atom is 0.319 e. The third-order valence-corrected chi connectivity index (χ3v) is 2.83. The lowest BCUT2D eigenvalue weighted by molar-refractivity contribution is 0.252. The van der Waals surface area contributed by atoms with Gasteiger partial charge in [-0.15, -0.1) is 0 Å². The fourth-order valence-corrected chi connectivity index (χ4v) is 2.36. The van der Waals surface area contributed by atoms with Gasteiger partial charge in [-0.05, 0) is 18.6 Å². The molecule has 0 saturated carbocycles. The van der Waals surface area contributed by atoms with E-state index < -0.39 is 0 Å². The van der Waals surface area contributed by atoms with Gasteiger partial charge in [-0.2, -0.15) is 0 Å². The molecule has 0 fully saturated rings. The standard InChI is InChI=1S/C10H11BrCl2N2O/c1-2-3-14-10(16)15-9-7(12)4-6(11)5-8(9)13/h4-5H,2-3H2,1H3,(H2,14,15,16). The van der Waals surface area contributed by atoms with Crippen molar-refractivity contribution in [3.63, 3.8) is 0 Å². The number of rotatable bonds is 3. The summed E-state index contributed by atoms with van der Waals surface area (Å²) in [6.07, 6.45) is 0.870. The molecule has 0 aliphatic heterocycles. The van der Waals surface area contributed by atoms with Gasteiger partial charge in [0.05, 0.1) is 15.7 Å². The van der Waals surface area contributed by atoms with Crippen LogP contribution in [0.15, 0.2) is 16.6 Å². The number of nitrogens with one attached hydrogen (secondary N) is 2. The Kier molecular flexibility index (Phi) is 5.38. The van der Waals surface area contributed by atoms with E-state index in [1.807, 2.05) is 6.92 Å². The van der Waals surface area contributed by atoms with Crippen LogP contribution in [0, 0.1) is 0 Å². The van der Waals surface area contributed by atoms with E-state index in [4.69, 9.17) is 23.2 Å². The summed E-state index contributed by atoms with van der Waals surface area (Å²) < 4.78 is 0.766. The molecule has 0 unspecified atom stereocenters. The van der Waals surface area contributed by atoms with Crippen molar-refractivity contribution in [2.24, 2.45) is 0 Å². The van der Waals surface area contributed by atoms with E-state index in [-0.39, 0.29) is 6.03 Å². The largest absolute Gasteiger partial charge is 0.338 e. The molecule has 0 radical (unpaired) electrons. The second-order valence-corrected chi connectivity index (χ2v) is 4.86. The molecule has 0 atom stereocenters. The summed E-state index contributed by atoms with van der Waals surface area (Å²) in [4.78, 5) is 11.4. The van der Waals surface area contributed by atoms with Crippen molar-refractivity contribution in [2.75, 3.05) is 11.9 Å². The van der Waals surface area contributed by atoms with Crippen molar-refractivity contribution in [2.45, 2.75) is 13.3 Å². The zero-order valence-electron chi connectivity index (χ0n) is 8.61. The van der Waals surface area contributed by atoms with E-state index in [1.54, 1.807) is 12.1 Å². The molecule has 3 nitrogen and oxygen atoms in total. The van der Waals surface area contributed by atoms with E-state index in [0.29, 0.717) is 22.3 Å². The SMILES string of the molecule is CCCNC(=O)Nc1c(Cl)cc(Br)cc1Cl. The third kappa shape index (κ3) is 3.85. The highest BCUT2D eigenvalue weighted by Crippen LogP contribution is 2.33. The summed E-state index contributed by atoms with van der Waals surface area (Å²) in [5, 5.41) is 6.07. The first-order valence-electron chi connectivity index (χ1n) is 4.74. The van der Waals surface area contributed by atoms with Gasteiger partial charge in [0.15, 0.2) is 0 Å². The highest BCUT2D eigenvalue weighted by Gasteiger charge is 2.10. The van der Waals surface area contributed by atoms with E-state index in [9.17, 15) is 4.79 Å². The van der Waals surface area contributed by atoms with Crippen molar-refractivity contribution in [3.8, 4) is 0 Å². The van der Waals surface area contributed by atoms with Crippen LogP contribution < -0.4 is 10.6 Å². The Morgan fingerprint density at radius 3 is 2.44 bits per heavy atom. The van der Waals surface area contributed by atoms with Crippen molar-refractivity contribution in [1.82, 2.24) is 5.32 Å². The molecule has 2 N–H and O–H groups in total. The fourth-order valence-electron chi connectivity index (χ4n) is 1.06. The molecule has 0 aliphatic rings.